The fourth-order valence-corrected chi connectivity index (χ4v) is 4.15. The lowest BCUT2D eigenvalue weighted by atomic mass is 10.2. The third kappa shape index (κ3) is 4.95. The van der Waals surface area contributed by atoms with E-state index < -0.39 is 0 Å². The van der Waals surface area contributed by atoms with Gasteiger partial charge >= 0.3 is 0 Å². The van der Waals surface area contributed by atoms with E-state index in [2.05, 4.69) is 15.2 Å². The van der Waals surface area contributed by atoms with E-state index >= 15 is 0 Å². The lowest BCUT2D eigenvalue weighted by molar-refractivity contribution is -0.127. The number of rotatable bonds is 7. The van der Waals surface area contributed by atoms with Crippen molar-refractivity contribution < 1.29 is 4.79 Å². The first-order valence-corrected chi connectivity index (χ1v) is 11.0. The predicted molar refractivity (Wildman–Crippen MR) is 123 cm³/mol. The molecule has 0 N–H and O–H groups in total. The average Bonchev–Trinajstić information content (AvgIpc) is 3.24. The van der Waals surface area contributed by atoms with Crippen LogP contribution in [-0.2, 0) is 11.3 Å². The number of carbonyl (C=O) groups is 1. The van der Waals surface area contributed by atoms with Gasteiger partial charge in [-0.25, -0.2) is 0 Å². The van der Waals surface area contributed by atoms with Gasteiger partial charge in [0.15, 0.2) is 11.0 Å². The second-order valence-electron chi connectivity index (χ2n) is 6.85. The van der Waals surface area contributed by atoms with Gasteiger partial charge in [-0.15, -0.1) is 10.2 Å². The lowest BCUT2D eigenvalue weighted by Gasteiger charge is -2.18. The van der Waals surface area contributed by atoms with Gasteiger partial charge in [-0.2, -0.15) is 0 Å². The molecule has 6 nitrogen and oxygen atoms in total. The number of pyridine rings is 1. The Kier molecular flexibility index (Phi) is 6.64. The summed E-state index contributed by atoms with van der Waals surface area (Å²) < 4.78 is 1.95. The molecule has 0 fully saturated rings. The maximum absolute atomic E-state index is 12.8. The molecule has 0 unspecified atom stereocenters. The number of hydrogen-bond donors (Lipinski definition) is 0. The van der Waals surface area contributed by atoms with Crippen LogP contribution in [-0.4, -0.2) is 43.4 Å². The zero-order chi connectivity index (χ0) is 21.6. The van der Waals surface area contributed by atoms with E-state index in [1.807, 2.05) is 71.3 Å². The Morgan fingerprint density at radius 2 is 1.81 bits per heavy atom. The fourth-order valence-electron chi connectivity index (χ4n) is 3.06. The predicted octanol–water partition coefficient (Wildman–Crippen LogP) is 4.73. The molecule has 0 saturated carbocycles. The summed E-state index contributed by atoms with van der Waals surface area (Å²) in [4.78, 5) is 18.6. The van der Waals surface area contributed by atoms with Crippen molar-refractivity contribution in [3.05, 3.63) is 89.7 Å². The number of carbonyl (C=O) groups excluding carboxylic acids is 1. The Balaban J connectivity index is 1.54. The minimum Gasteiger partial charge on any atom is -0.341 e. The van der Waals surface area contributed by atoms with Gasteiger partial charge < -0.3 is 4.90 Å². The van der Waals surface area contributed by atoms with Gasteiger partial charge in [-0.1, -0.05) is 59.8 Å². The molecule has 0 aliphatic carbocycles. The lowest BCUT2D eigenvalue weighted by Crippen LogP contribution is -2.28. The van der Waals surface area contributed by atoms with Crippen molar-refractivity contribution in [3.63, 3.8) is 0 Å². The number of hydrogen-bond acceptors (Lipinski definition) is 5. The summed E-state index contributed by atoms with van der Waals surface area (Å²) in [6, 6.07) is 21.2. The highest BCUT2D eigenvalue weighted by atomic mass is 35.5. The zero-order valence-electron chi connectivity index (χ0n) is 16.9. The van der Waals surface area contributed by atoms with Crippen LogP contribution in [0.5, 0.6) is 0 Å². The van der Waals surface area contributed by atoms with Crippen LogP contribution in [0.3, 0.4) is 0 Å². The van der Waals surface area contributed by atoms with E-state index in [1.165, 1.54) is 11.8 Å². The smallest absolute Gasteiger partial charge is 0.233 e. The fraction of sp³-hybridized carbons (Fsp3) is 0.130. The molecule has 4 rings (SSSR count). The third-order valence-electron chi connectivity index (χ3n) is 4.68. The summed E-state index contributed by atoms with van der Waals surface area (Å²) in [5, 5.41) is 10.0. The molecule has 4 aromatic rings. The van der Waals surface area contributed by atoms with E-state index in [-0.39, 0.29) is 11.7 Å². The van der Waals surface area contributed by atoms with Gasteiger partial charge in [0, 0.05) is 42.3 Å². The molecule has 0 bridgehead atoms. The minimum atomic E-state index is -0.0181. The largest absolute Gasteiger partial charge is 0.341 e. The van der Waals surface area contributed by atoms with Crippen LogP contribution in [0.25, 0.3) is 17.1 Å². The molecule has 0 radical (unpaired) electrons. The summed E-state index contributed by atoms with van der Waals surface area (Å²) in [5.41, 5.74) is 2.69. The molecular weight excluding hydrogens is 430 g/mol. The molecule has 0 aliphatic rings. The molecule has 8 heteroatoms. The minimum absolute atomic E-state index is 0.0181. The Bertz CT molecular complexity index is 1170. The normalized spacial score (nSPS) is 10.8. The molecule has 2 aromatic carbocycles. The topological polar surface area (TPSA) is 63.9 Å². The molecule has 31 heavy (non-hydrogen) atoms. The van der Waals surface area contributed by atoms with Gasteiger partial charge in [-0.05, 0) is 35.9 Å². The summed E-state index contributed by atoms with van der Waals surface area (Å²) in [5.74, 6) is 0.896. The standard InChI is InChI=1S/C23H20ClN5OS/c1-28(15-18-8-5-6-12-20(18)24)21(30)16-31-23-27-26-22(17-9-7-13-25-14-17)29(23)19-10-3-2-4-11-19/h2-14H,15-16H2,1H3. The number of nitrogens with zero attached hydrogens (tertiary/aromatic N) is 5. The van der Waals surface area contributed by atoms with Crippen molar-refractivity contribution >= 4 is 29.3 Å². The Hall–Kier alpha value is -3.16. The van der Waals surface area contributed by atoms with Gasteiger partial charge in [0.2, 0.25) is 5.91 Å². The molecule has 0 saturated heterocycles. The summed E-state index contributed by atoms with van der Waals surface area (Å²) in [7, 11) is 1.77. The number of benzene rings is 2. The molecule has 2 heterocycles. The van der Waals surface area contributed by atoms with E-state index in [9.17, 15) is 4.79 Å². The number of halogens is 1. The second kappa shape index (κ2) is 9.76. The van der Waals surface area contributed by atoms with Gasteiger partial charge in [-0.3, -0.25) is 14.3 Å². The summed E-state index contributed by atoms with van der Waals surface area (Å²) in [6.07, 6.45) is 3.47. The van der Waals surface area contributed by atoms with Crippen LogP contribution in [0.2, 0.25) is 5.02 Å². The van der Waals surface area contributed by atoms with Gasteiger partial charge in [0.05, 0.1) is 5.75 Å². The van der Waals surface area contributed by atoms with Gasteiger partial charge in [0.1, 0.15) is 0 Å². The van der Waals surface area contributed by atoms with E-state index in [0.717, 1.165) is 16.8 Å². The van der Waals surface area contributed by atoms with Crippen LogP contribution in [0.1, 0.15) is 5.56 Å². The Labute approximate surface area is 189 Å². The van der Waals surface area contributed by atoms with Crippen LogP contribution in [0.4, 0.5) is 0 Å². The van der Waals surface area contributed by atoms with Crippen molar-refractivity contribution in [1.29, 1.82) is 0 Å². The first-order chi connectivity index (χ1) is 15.1. The quantitative estimate of drug-likeness (QED) is 0.381. The number of aromatic nitrogens is 4. The SMILES string of the molecule is CN(Cc1ccccc1Cl)C(=O)CSc1nnc(-c2cccnc2)n1-c1ccccc1. The highest BCUT2D eigenvalue weighted by Crippen LogP contribution is 2.28. The Morgan fingerprint density at radius 3 is 2.55 bits per heavy atom. The van der Waals surface area contributed by atoms with Crippen LogP contribution in [0, 0.1) is 0 Å². The molecule has 156 valence electrons. The maximum Gasteiger partial charge on any atom is 0.233 e. The Morgan fingerprint density at radius 1 is 1.03 bits per heavy atom. The van der Waals surface area contributed by atoms with Crippen LogP contribution in [0.15, 0.2) is 84.3 Å². The summed E-state index contributed by atoms with van der Waals surface area (Å²) in [6.45, 7) is 0.450. The van der Waals surface area contributed by atoms with Crippen molar-refractivity contribution in [2.45, 2.75) is 11.7 Å². The van der Waals surface area contributed by atoms with E-state index in [1.54, 1.807) is 24.3 Å². The molecular formula is C23H20ClN5OS. The van der Waals surface area contributed by atoms with Crippen molar-refractivity contribution in [2.24, 2.45) is 0 Å². The van der Waals surface area contributed by atoms with Crippen LogP contribution < -0.4 is 0 Å². The van der Waals surface area contributed by atoms with E-state index in [0.29, 0.717) is 22.5 Å². The summed E-state index contributed by atoms with van der Waals surface area (Å²) >= 11 is 7.58. The average molecular weight is 450 g/mol. The number of amides is 1. The van der Waals surface area contributed by atoms with Crippen molar-refractivity contribution in [3.8, 4) is 17.1 Å². The molecule has 0 atom stereocenters. The number of para-hydroxylation sites is 1. The van der Waals surface area contributed by atoms with E-state index in [4.69, 9.17) is 11.6 Å². The van der Waals surface area contributed by atoms with Gasteiger partial charge in [0.25, 0.3) is 0 Å². The highest BCUT2D eigenvalue weighted by molar-refractivity contribution is 7.99. The first-order valence-electron chi connectivity index (χ1n) is 9.65. The second-order valence-corrected chi connectivity index (χ2v) is 8.20. The molecule has 1 amide bonds. The highest BCUT2D eigenvalue weighted by Gasteiger charge is 2.18. The first kappa shape index (κ1) is 21.1. The van der Waals surface area contributed by atoms with Crippen molar-refractivity contribution in [2.75, 3.05) is 12.8 Å². The molecule has 0 aliphatic heterocycles. The van der Waals surface area contributed by atoms with Crippen LogP contribution >= 0.6 is 23.4 Å². The zero-order valence-corrected chi connectivity index (χ0v) is 18.4. The third-order valence-corrected chi connectivity index (χ3v) is 5.97. The monoisotopic (exact) mass is 449 g/mol. The van der Waals surface area contributed by atoms with Crippen molar-refractivity contribution in [1.82, 2.24) is 24.6 Å². The number of thioether (sulfide) groups is 1. The maximum atomic E-state index is 12.8. The molecule has 0 spiro atoms. The molecule has 2 aromatic heterocycles.